The van der Waals surface area contributed by atoms with E-state index in [1.165, 1.54) is 6.92 Å². The number of carbonyl (C=O) groups excluding carboxylic acids is 2. The summed E-state index contributed by atoms with van der Waals surface area (Å²) >= 11 is 6.23. The summed E-state index contributed by atoms with van der Waals surface area (Å²) in [6.07, 6.45) is 0. The zero-order valence-electron chi connectivity index (χ0n) is 20.0. The molecule has 0 spiro atoms. The Hall–Kier alpha value is -3.33. The Labute approximate surface area is 204 Å². The predicted molar refractivity (Wildman–Crippen MR) is 130 cm³/mol. The maximum atomic E-state index is 13.0. The molecule has 0 aliphatic carbocycles. The predicted octanol–water partition coefficient (Wildman–Crippen LogP) is 5.61. The Balaban J connectivity index is 2.33. The van der Waals surface area contributed by atoms with E-state index in [0.29, 0.717) is 60.1 Å². The molecule has 0 radical (unpaired) electrons. The molecule has 1 N–H and O–H groups in total. The number of benzene rings is 2. The SMILES string of the molecule is CCOc1cc(N=NC(C(C)=O)C(=O)Nc2ccc(Cl)c(OCC)c2OCC)cc(OCC)c1. The molecule has 0 saturated heterocycles. The maximum absolute atomic E-state index is 13.0. The second kappa shape index (κ2) is 13.4. The van der Waals surface area contributed by atoms with Crippen molar-refractivity contribution in [2.75, 3.05) is 31.7 Å². The summed E-state index contributed by atoms with van der Waals surface area (Å²) < 4.78 is 22.3. The molecule has 0 bridgehead atoms. The minimum Gasteiger partial charge on any atom is -0.494 e. The van der Waals surface area contributed by atoms with Gasteiger partial charge in [-0.1, -0.05) is 11.6 Å². The molecule has 1 amide bonds. The molecule has 34 heavy (non-hydrogen) atoms. The number of amides is 1. The monoisotopic (exact) mass is 491 g/mol. The second-order valence-corrected chi connectivity index (χ2v) is 7.27. The standard InChI is InChI=1S/C24H30ClN3O6/c1-6-31-17-12-16(13-18(14-17)32-7-2)27-28-21(15(5)29)24(30)26-20-11-10-19(25)22(33-8-3)23(20)34-9-4/h10-14,21H,6-9H2,1-5H3,(H,26,30). The van der Waals surface area contributed by atoms with Crippen LogP contribution in [0.15, 0.2) is 40.6 Å². The summed E-state index contributed by atoms with van der Waals surface area (Å²) in [5, 5.41) is 11.1. The van der Waals surface area contributed by atoms with E-state index >= 15 is 0 Å². The third-order valence-corrected chi connectivity index (χ3v) is 4.61. The van der Waals surface area contributed by atoms with Gasteiger partial charge in [0, 0.05) is 18.2 Å². The van der Waals surface area contributed by atoms with E-state index < -0.39 is 17.7 Å². The number of anilines is 1. The van der Waals surface area contributed by atoms with Crippen LogP contribution >= 0.6 is 11.6 Å². The number of ether oxygens (including phenoxy) is 4. The number of azo groups is 1. The number of carbonyl (C=O) groups is 2. The molecule has 2 aromatic carbocycles. The van der Waals surface area contributed by atoms with Crippen molar-refractivity contribution in [1.29, 1.82) is 0 Å². The smallest absolute Gasteiger partial charge is 0.258 e. The molecule has 184 valence electrons. The minimum absolute atomic E-state index is 0.273. The van der Waals surface area contributed by atoms with Crippen LogP contribution in [-0.4, -0.2) is 44.2 Å². The summed E-state index contributed by atoms with van der Waals surface area (Å²) in [6, 6.07) is 6.78. The lowest BCUT2D eigenvalue weighted by Crippen LogP contribution is -2.32. The Kier molecular flexibility index (Phi) is 10.6. The molecule has 0 aliphatic rings. The Morgan fingerprint density at radius 1 is 0.882 bits per heavy atom. The summed E-state index contributed by atoms with van der Waals surface area (Å²) in [5.74, 6) is 0.503. The Morgan fingerprint density at radius 2 is 1.44 bits per heavy atom. The summed E-state index contributed by atoms with van der Waals surface area (Å²) in [6.45, 7) is 10.2. The van der Waals surface area contributed by atoms with E-state index in [9.17, 15) is 9.59 Å². The average molecular weight is 492 g/mol. The first-order valence-corrected chi connectivity index (χ1v) is 11.4. The van der Waals surface area contributed by atoms with Crippen LogP contribution in [0.1, 0.15) is 34.6 Å². The van der Waals surface area contributed by atoms with Gasteiger partial charge >= 0.3 is 0 Å². The molecule has 2 aromatic rings. The van der Waals surface area contributed by atoms with Crippen LogP contribution in [0.2, 0.25) is 5.02 Å². The van der Waals surface area contributed by atoms with E-state index in [0.717, 1.165) is 0 Å². The van der Waals surface area contributed by atoms with Crippen LogP contribution in [0.25, 0.3) is 0 Å². The third-order valence-electron chi connectivity index (χ3n) is 4.31. The van der Waals surface area contributed by atoms with Crippen LogP contribution in [0.4, 0.5) is 11.4 Å². The highest BCUT2D eigenvalue weighted by molar-refractivity contribution is 6.32. The number of hydrogen-bond acceptors (Lipinski definition) is 8. The van der Waals surface area contributed by atoms with E-state index in [2.05, 4.69) is 15.5 Å². The quantitative estimate of drug-likeness (QED) is 0.288. The van der Waals surface area contributed by atoms with Gasteiger partial charge < -0.3 is 24.3 Å². The lowest BCUT2D eigenvalue weighted by molar-refractivity contribution is -0.126. The lowest BCUT2D eigenvalue weighted by Gasteiger charge is -2.17. The summed E-state index contributed by atoms with van der Waals surface area (Å²) in [5.41, 5.74) is 0.687. The molecule has 1 atom stereocenters. The van der Waals surface area contributed by atoms with Gasteiger partial charge in [0.1, 0.15) is 11.5 Å². The van der Waals surface area contributed by atoms with Gasteiger partial charge in [0.25, 0.3) is 5.91 Å². The highest BCUT2D eigenvalue weighted by Gasteiger charge is 2.26. The fourth-order valence-corrected chi connectivity index (χ4v) is 3.17. The van der Waals surface area contributed by atoms with Gasteiger partial charge in [-0.3, -0.25) is 9.59 Å². The van der Waals surface area contributed by atoms with E-state index in [1.807, 2.05) is 13.8 Å². The molecular weight excluding hydrogens is 462 g/mol. The largest absolute Gasteiger partial charge is 0.494 e. The lowest BCUT2D eigenvalue weighted by atomic mass is 10.2. The summed E-state index contributed by atoms with van der Waals surface area (Å²) in [7, 11) is 0. The number of Topliss-reactive ketones (excluding diaryl/α,β-unsaturated/α-hetero) is 1. The van der Waals surface area contributed by atoms with Crippen LogP contribution in [-0.2, 0) is 9.59 Å². The molecule has 1 unspecified atom stereocenters. The number of halogens is 1. The third kappa shape index (κ3) is 7.34. The molecule has 10 heteroatoms. The molecule has 0 aromatic heterocycles. The average Bonchev–Trinajstić information content (AvgIpc) is 2.78. The number of nitrogens with zero attached hydrogens (tertiary/aromatic N) is 2. The zero-order chi connectivity index (χ0) is 25.1. The second-order valence-electron chi connectivity index (χ2n) is 6.87. The van der Waals surface area contributed by atoms with Crippen molar-refractivity contribution in [1.82, 2.24) is 0 Å². The topological polar surface area (TPSA) is 108 Å². The van der Waals surface area contributed by atoms with Gasteiger partial charge in [-0.05, 0) is 46.8 Å². The highest BCUT2D eigenvalue weighted by Crippen LogP contribution is 2.41. The fourth-order valence-electron chi connectivity index (χ4n) is 2.96. The number of nitrogens with one attached hydrogen (secondary N) is 1. The molecule has 0 saturated carbocycles. The number of hydrogen-bond donors (Lipinski definition) is 1. The normalized spacial score (nSPS) is 11.7. The molecule has 2 rings (SSSR count). The van der Waals surface area contributed by atoms with Crippen LogP contribution < -0.4 is 24.3 Å². The molecule has 0 aliphatic heterocycles. The molecular formula is C24H30ClN3O6. The number of ketones is 1. The van der Waals surface area contributed by atoms with E-state index in [1.54, 1.807) is 44.2 Å². The van der Waals surface area contributed by atoms with E-state index in [-0.39, 0.29) is 5.75 Å². The van der Waals surface area contributed by atoms with E-state index in [4.69, 9.17) is 30.5 Å². The van der Waals surface area contributed by atoms with Gasteiger partial charge in [-0.2, -0.15) is 10.2 Å². The zero-order valence-corrected chi connectivity index (χ0v) is 20.8. The van der Waals surface area contributed by atoms with Crippen molar-refractivity contribution < 1.29 is 28.5 Å². The maximum Gasteiger partial charge on any atom is 0.258 e. The fraction of sp³-hybridized carbons (Fsp3) is 0.417. The summed E-state index contributed by atoms with van der Waals surface area (Å²) in [4.78, 5) is 25.2. The van der Waals surface area contributed by atoms with Crippen molar-refractivity contribution in [3.05, 3.63) is 35.4 Å². The van der Waals surface area contributed by atoms with Crippen molar-refractivity contribution >= 4 is 34.7 Å². The Morgan fingerprint density at radius 3 is 1.97 bits per heavy atom. The first kappa shape index (κ1) is 26.9. The van der Waals surface area contributed by atoms with Gasteiger partial charge in [-0.25, -0.2) is 0 Å². The first-order chi connectivity index (χ1) is 16.3. The minimum atomic E-state index is -1.38. The number of rotatable bonds is 13. The van der Waals surface area contributed by atoms with Crippen molar-refractivity contribution in [2.45, 2.75) is 40.7 Å². The molecule has 0 fully saturated rings. The first-order valence-electron chi connectivity index (χ1n) is 11.0. The van der Waals surface area contributed by atoms with Gasteiger partial charge in [0.05, 0.1) is 42.8 Å². The Bertz CT molecular complexity index is 1000. The molecule has 9 nitrogen and oxygen atoms in total. The molecule has 0 heterocycles. The van der Waals surface area contributed by atoms with Crippen molar-refractivity contribution in [2.24, 2.45) is 10.2 Å². The van der Waals surface area contributed by atoms with Crippen LogP contribution in [0, 0.1) is 0 Å². The van der Waals surface area contributed by atoms with Crippen LogP contribution in [0.5, 0.6) is 23.0 Å². The van der Waals surface area contributed by atoms with Gasteiger partial charge in [0.2, 0.25) is 6.04 Å². The highest BCUT2D eigenvalue weighted by atomic mass is 35.5. The van der Waals surface area contributed by atoms with Crippen molar-refractivity contribution in [3.8, 4) is 23.0 Å². The van der Waals surface area contributed by atoms with Crippen LogP contribution in [0.3, 0.4) is 0 Å². The van der Waals surface area contributed by atoms with Gasteiger partial charge in [-0.15, -0.1) is 0 Å². The van der Waals surface area contributed by atoms with Gasteiger partial charge in [0.15, 0.2) is 17.3 Å². The van der Waals surface area contributed by atoms with Crippen molar-refractivity contribution in [3.63, 3.8) is 0 Å².